The fraction of sp³-hybridized carbons (Fsp3) is 0.650. The van der Waals surface area contributed by atoms with E-state index in [4.69, 9.17) is 4.74 Å². The van der Waals surface area contributed by atoms with E-state index < -0.39 is 10.2 Å². The third kappa shape index (κ3) is 4.34. The second kappa shape index (κ2) is 7.65. The van der Waals surface area contributed by atoms with Crippen LogP contribution in [0.3, 0.4) is 0 Å². The van der Waals surface area contributed by atoms with Crippen LogP contribution >= 0.6 is 0 Å². The third-order valence-electron chi connectivity index (χ3n) is 5.55. The minimum absolute atomic E-state index is 0.00272. The smallest absolute Gasteiger partial charge is 0.281 e. The zero-order valence-electron chi connectivity index (χ0n) is 17.4. The predicted molar refractivity (Wildman–Crippen MR) is 108 cm³/mol. The summed E-state index contributed by atoms with van der Waals surface area (Å²) in [7, 11) is -0.362. The van der Waals surface area contributed by atoms with E-state index in [2.05, 4.69) is 11.4 Å². The third-order valence-corrected chi connectivity index (χ3v) is 7.49. The standard InChI is InChI=1S/C20H31N3O4S/c1-14-6-7-18-16(12-14)17(13-20(2,3)27-18)21-19(24)15-8-10-23(11-9-15)28(25,26)22(4)5/h6-7,12,15,17H,8-11,13H2,1-5H3,(H,21,24)/t17-/m0/s1. The molecule has 1 saturated heterocycles. The first-order valence-corrected chi connectivity index (χ1v) is 11.2. The lowest BCUT2D eigenvalue weighted by atomic mass is 9.88. The van der Waals surface area contributed by atoms with Crippen molar-refractivity contribution in [2.75, 3.05) is 27.2 Å². The van der Waals surface area contributed by atoms with Gasteiger partial charge in [-0.15, -0.1) is 0 Å². The van der Waals surface area contributed by atoms with Crippen LogP contribution in [0.1, 0.15) is 50.3 Å². The molecule has 0 aromatic heterocycles. The number of nitrogens with one attached hydrogen (secondary N) is 1. The number of nitrogens with zero attached hydrogens (tertiary/aromatic N) is 2. The quantitative estimate of drug-likeness (QED) is 0.827. The van der Waals surface area contributed by atoms with Crippen LogP contribution in [0.5, 0.6) is 5.75 Å². The number of carbonyl (C=O) groups is 1. The number of hydrogen-bond donors (Lipinski definition) is 1. The number of aryl methyl sites for hydroxylation is 1. The highest BCUT2D eigenvalue weighted by atomic mass is 32.2. The number of carbonyl (C=O) groups excluding carboxylic acids is 1. The van der Waals surface area contributed by atoms with Crippen LogP contribution < -0.4 is 10.1 Å². The van der Waals surface area contributed by atoms with E-state index in [-0.39, 0.29) is 23.5 Å². The van der Waals surface area contributed by atoms with Crippen molar-refractivity contribution in [2.45, 2.75) is 51.7 Å². The zero-order valence-corrected chi connectivity index (χ0v) is 18.2. The summed E-state index contributed by atoms with van der Waals surface area (Å²) in [6.45, 7) is 6.82. The highest BCUT2D eigenvalue weighted by molar-refractivity contribution is 7.86. The van der Waals surface area contributed by atoms with Crippen LogP contribution in [0, 0.1) is 12.8 Å². The number of fused-ring (bicyclic) bond motifs is 1. The summed E-state index contributed by atoms with van der Waals surface area (Å²) in [5.74, 6) is 0.643. The van der Waals surface area contributed by atoms with Gasteiger partial charge >= 0.3 is 0 Å². The summed E-state index contributed by atoms with van der Waals surface area (Å²) in [5.41, 5.74) is 1.78. The largest absolute Gasteiger partial charge is 0.487 e. The maximum absolute atomic E-state index is 12.9. The molecule has 0 saturated carbocycles. The maximum atomic E-state index is 12.9. The van der Waals surface area contributed by atoms with Crippen molar-refractivity contribution in [2.24, 2.45) is 5.92 Å². The molecule has 3 rings (SSSR count). The van der Waals surface area contributed by atoms with E-state index in [1.54, 1.807) is 0 Å². The van der Waals surface area contributed by atoms with Gasteiger partial charge in [-0.3, -0.25) is 4.79 Å². The van der Waals surface area contributed by atoms with Crippen molar-refractivity contribution in [1.82, 2.24) is 13.9 Å². The van der Waals surface area contributed by atoms with Gasteiger partial charge in [0.15, 0.2) is 0 Å². The maximum Gasteiger partial charge on any atom is 0.281 e. The predicted octanol–water partition coefficient (Wildman–Crippen LogP) is 2.23. The Morgan fingerprint density at radius 1 is 1.25 bits per heavy atom. The molecule has 0 bridgehead atoms. The Morgan fingerprint density at radius 2 is 1.89 bits per heavy atom. The molecular weight excluding hydrogens is 378 g/mol. The normalized spacial score (nSPS) is 23.1. The SMILES string of the molecule is Cc1ccc2c(c1)[C@@H](NC(=O)C1CCN(S(=O)(=O)N(C)C)CC1)CC(C)(C)O2. The first-order valence-electron chi connectivity index (χ1n) is 9.77. The average molecular weight is 410 g/mol. The van der Waals surface area contributed by atoms with Crippen molar-refractivity contribution in [3.8, 4) is 5.75 Å². The van der Waals surface area contributed by atoms with Crippen molar-refractivity contribution < 1.29 is 17.9 Å². The van der Waals surface area contributed by atoms with Gasteiger partial charge in [0, 0.05) is 45.1 Å². The molecule has 2 heterocycles. The molecule has 1 fully saturated rings. The summed E-state index contributed by atoms with van der Waals surface area (Å²) in [6.07, 6.45) is 1.77. The van der Waals surface area contributed by atoms with Crippen molar-refractivity contribution in [3.63, 3.8) is 0 Å². The molecule has 1 atom stereocenters. The Balaban J connectivity index is 1.68. The topological polar surface area (TPSA) is 79.0 Å². The van der Waals surface area contributed by atoms with Crippen LogP contribution in [0.15, 0.2) is 18.2 Å². The summed E-state index contributed by atoms with van der Waals surface area (Å²) in [4.78, 5) is 12.9. The Morgan fingerprint density at radius 3 is 2.50 bits per heavy atom. The number of benzene rings is 1. The summed E-state index contributed by atoms with van der Waals surface area (Å²) >= 11 is 0. The van der Waals surface area contributed by atoms with Crippen LogP contribution in [0.4, 0.5) is 0 Å². The molecule has 28 heavy (non-hydrogen) atoms. The van der Waals surface area contributed by atoms with Gasteiger partial charge in [-0.1, -0.05) is 17.7 Å². The molecule has 2 aliphatic rings. The van der Waals surface area contributed by atoms with E-state index in [1.807, 2.05) is 32.9 Å². The Bertz CT molecular complexity index is 843. The van der Waals surface area contributed by atoms with Gasteiger partial charge in [0.2, 0.25) is 5.91 Å². The summed E-state index contributed by atoms with van der Waals surface area (Å²) in [5, 5.41) is 3.21. The van der Waals surface area contributed by atoms with Crippen molar-refractivity contribution >= 4 is 16.1 Å². The van der Waals surface area contributed by atoms with Gasteiger partial charge in [-0.2, -0.15) is 17.0 Å². The molecular formula is C20H31N3O4S. The van der Waals surface area contributed by atoms with E-state index in [0.717, 1.165) is 16.9 Å². The van der Waals surface area contributed by atoms with Gasteiger partial charge < -0.3 is 10.1 Å². The van der Waals surface area contributed by atoms with Crippen molar-refractivity contribution in [1.29, 1.82) is 0 Å². The molecule has 7 nitrogen and oxygen atoms in total. The molecule has 0 unspecified atom stereocenters. The van der Waals surface area contributed by atoms with E-state index in [1.165, 1.54) is 22.7 Å². The highest BCUT2D eigenvalue weighted by Gasteiger charge is 2.37. The Labute approximate surface area is 168 Å². The highest BCUT2D eigenvalue weighted by Crippen LogP contribution is 2.40. The molecule has 156 valence electrons. The van der Waals surface area contributed by atoms with Gasteiger partial charge in [0.05, 0.1) is 6.04 Å². The van der Waals surface area contributed by atoms with Gasteiger partial charge in [-0.05, 0) is 39.7 Å². The molecule has 0 aliphatic carbocycles. The lowest BCUT2D eigenvalue weighted by Crippen LogP contribution is -2.48. The minimum atomic E-state index is -3.42. The van der Waals surface area contributed by atoms with Crippen LogP contribution in [-0.4, -0.2) is 55.7 Å². The monoisotopic (exact) mass is 409 g/mol. The molecule has 1 N–H and O–H groups in total. The van der Waals surface area contributed by atoms with E-state index in [9.17, 15) is 13.2 Å². The number of hydrogen-bond acceptors (Lipinski definition) is 4. The molecule has 0 spiro atoms. The Hall–Kier alpha value is -1.64. The lowest BCUT2D eigenvalue weighted by molar-refractivity contribution is -0.127. The van der Waals surface area contributed by atoms with Crippen LogP contribution in [0.2, 0.25) is 0 Å². The number of amides is 1. The first kappa shape index (κ1) is 21.1. The molecule has 1 amide bonds. The average Bonchev–Trinajstić information content (AvgIpc) is 2.61. The molecule has 1 aromatic carbocycles. The van der Waals surface area contributed by atoms with Gasteiger partial charge in [-0.25, -0.2) is 0 Å². The minimum Gasteiger partial charge on any atom is -0.487 e. The fourth-order valence-electron chi connectivity index (χ4n) is 3.97. The van der Waals surface area contributed by atoms with Gasteiger partial charge in [0.25, 0.3) is 10.2 Å². The van der Waals surface area contributed by atoms with Crippen LogP contribution in [0.25, 0.3) is 0 Å². The first-order chi connectivity index (χ1) is 13.0. The fourth-order valence-corrected chi connectivity index (χ4v) is 5.11. The molecule has 0 radical (unpaired) electrons. The van der Waals surface area contributed by atoms with Gasteiger partial charge in [0.1, 0.15) is 11.4 Å². The zero-order chi connectivity index (χ0) is 20.7. The summed E-state index contributed by atoms with van der Waals surface area (Å²) in [6, 6.07) is 5.95. The molecule has 8 heteroatoms. The van der Waals surface area contributed by atoms with Crippen LogP contribution in [-0.2, 0) is 15.0 Å². The second-order valence-electron chi connectivity index (χ2n) is 8.63. The van der Waals surface area contributed by atoms with E-state index >= 15 is 0 Å². The summed E-state index contributed by atoms with van der Waals surface area (Å²) < 4.78 is 33.3. The second-order valence-corrected chi connectivity index (χ2v) is 10.8. The lowest BCUT2D eigenvalue weighted by Gasteiger charge is -2.39. The van der Waals surface area contributed by atoms with E-state index in [0.29, 0.717) is 32.4 Å². The molecule has 1 aromatic rings. The number of rotatable bonds is 4. The Kier molecular flexibility index (Phi) is 5.76. The number of ether oxygens (including phenoxy) is 1. The van der Waals surface area contributed by atoms with Crippen molar-refractivity contribution in [3.05, 3.63) is 29.3 Å². The number of piperidine rings is 1. The molecule has 2 aliphatic heterocycles.